The third-order valence-electron chi connectivity index (χ3n) is 5.43. The van der Waals surface area contributed by atoms with Crippen LogP contribution < -0.4 is 15.8 Å². The lowest BCUT2D eigenvalue weighted by molar-refractivity contribution is -0.136. The van der Waals surface area contributed by atoms with E-state index in [9.17, 15) is 14.7 Å². The number of aromatic nitrogens is 4. The third kappa shape index (κ3) is 5.28. The first-order valence-electron chi connectivity index (χ1n) is 10.9. The first-order valence-corrected chi connectivity index (χ1v) is 10.9. The van der Waals surface area contributed by atoms with Crippen molar-refractivity contribution < 1.29 is 15.0 Å². The SMILES string of the molecule is CCC(O)N(C)c1ccc2nc(NCCC(=O)O)c(=O)n([C@H](c3ccccn3)C(C)C)c2n1. The molecule has 0 aliphatic rings. The lowest BCUT2D eigenvalue weighted by Gasteiger charge is -2.27. The molecule has 1 unspecified atom stereocenters. The Morgan fingerprint density at radius 1 is 1.21 bits per heavy atom. The Morgan fingerprint density at radius 3 is 2.58 bits per heavy atom. The van der Waals surface area contributed by atoms with Gasteiger partial charge in [-0.3, -0.25) is 19.1 Å². The van der Waals surface area contributed by atoms with Gasteiger partial charge >= 0.3 is 5.97 Å². The van der Waals surface area contributed by atoms with Crippen LogP contribution in [0.1, 0.15) is 45.3 Å². The number of fused-ring (bicyclic) bond motifs is 1. The molecule has 0 aliphatic carbocycles. The average molecular weight is 455 g/mol. The van der Waals surface area contributed by atoms with Gasteiger partial charge in [-0.05, 0) is 36.6 Å². The average Bonchev–Trinajstić information content (AvgIpc) is 2.80. The van der Waals surface area contributed by atoms with Gasteiger partial charge in [-0.2, -0.15) is 0 Å². The fraction of sp³-hybridized carbons (Fsp3) is 0.435. The zero-order valence-electron chi connectivity index (χ0n) is 19.3. The largest absolute Gasteiger partial charge is 0.481 e. The molecule has 0 aliphatic heterocycles. The standard InChI is InChI=1S/C23H30N6O4/c1-5-18(30)28(4)17-10-9-16-22(27-17)29(20(14(2)3)15-8-6-7-12-24-15)23(33)21(26-16)25-13-11-19(31)32/h6-10,12,14,18,20,30H,5,11,13H2,1-4H3,(H,25,26)(H,31,32)/t18?,20-/m0/s1. The number of pyridine rings is 2. The molecule has 3 N–H and O–H groups in total. The maximum atomic E-state index is 13.6. The summed E-state index contributed by atoms with van der Waals surface area (Å²) in [6.07, 6.45) is 1.31. The number of nitrogens with one attached hydrogen (secondary N) is 1. The molecular weight excluding hydrogens is 424 g/mol. The Balaban J connectivity index is 2.25. The maximum absolute atomic E-state index is 13.6. The smallest absolute Gasteiger partial charge is 0.305 e. The van der Waals surface area contributed by atoms with Crippen molar-refractivity contribution in [2.45, 2.75) is 45.9 Å². The second-order valence-corrected chi connectivity index (χ2v) is 8.16. The van der Waals surface area contributed by atoms with Crippen molar-refractivity contribution in [1.29, 1.82) is 0 Å². The van der Waals surface area contributed by atoms with Crippen LogP contribution in [0.15, 0.2) is 41.3 Å². The fourth-order valence-electron chi connectivity index (χ4n) is 3.68. The van der Waals surface area contributed by atoms with Crippen LogP contribution in [-0.2, 0) is 4.79 Å². The number of anilines is 2. The fourth-order valence-corrected chi connectivity index (χ4v) is 3.68. The van der Waals surface area contributed by atoms with Crippen LogP contribution in [0.4, 0.5) is 11.6 Å². The molecule has 0 fully saturated rings. The van der Waals surface area contributed by atoms with Gasteiger partial charge < -0.3 is 20.4 Å². The summed E-state index contributed by atoms with van der Waals surface area (Å²) in [4.78, 5) is 39.8. The highest BCUT2D eigenvalue weighted by molar-refractivity contribution is 5.75. The molecule has 0 radical (unpaired) electrons. The van der Waals surface area contributed by atoms with Gasteiger partial charge in [-0.15, -0.1) is 0 Å². The van der Waals surface area contributed by atoms with Crippen LogP contribution in [0.3, 0.4) is 0 Å². The molecule has 10 nitrogen and oxygen atoms in total. The molecule has 2 atom stereocenters. The number of hydrogen-bond donors (Lipinski definition) is 3. The highest BCUT2D eigenvalue weighted by atomic mass is 16.4. The van der Waals surface area contributed by atoms with Gasteiger partial charge in [0.15, 0.2) is 11.5 Å². The number of aliphatic carboxylic acids is 1. The van der Waals surface area contributed by atoms with Gasteiger partial charge in [0, 0.05) is 19.8 Å². The van der Waals surface area contributed by atoms with Crippen molar-refractivity contribution in [2.75, 3.05) is 23.8 Å². The number of aliphatic hydroxyl groups excluding tert-OH is 1. The molecule has 3 rings (SSSR count). The molecule has 176 valence electrons. The van der Waals surface area contributed by atoms with E-state index in [1.165, 1.54) is 0 Å². The van der Waals surface area contributed by atoms with Gasteiger partial charge in [0.1, 0.15) is 17.6 Å². The Bertz CT molecular complexity index is 1160. The number of carboxylic acid groups (broad SMARTS) is 1. The summed E-state index contributed by atoms with van der Waals surface area (Å²) >= 11 is 0. The van der Waals surface area contributed by atoms with Crippen molar-refractivity contribution >= 4 is 28.8 Å². The molecule has 3 heterocycles. The highest BCUT2D eigenvalue weighted by Crippen LogP contribution is 2.28. The Labute approximate surface area is 191 Å². The molecule has 33 heavy (non-hydrogen) atoms. The predicted molar refractivity (Wildman–Crippen MR) is 126 cm³/mol. The van der Waals surface area contributed by atoms with Gasteiger partial charge in [-0.1, -0.05) is 26.8 Å². The van der Waals surface area contributed by atoms with E-state index in [1.807, 2.05) is 39.0 Å². The normalized spacial score (nSPS) is 13.2. The summed E-state index contributed by atoms with van der Waals surface area (Å²) < 4.78 is 1.56. The van der Waals surface area contributed by atoms with Gasteiger partial charge in [0.2, 0.25) is 0 Å². The summed E-state index contributed by atoms with van der Waals surface area (Å²) in [5, 5.41) is 22.1. The van der Waals surface area contributed by atoms with E-state index in [0.29, 0.717) is 29.1 Å². The maximum Gasteiger partial charge on any atom is 0.305 e. The minimum Gasteiger partial charge on any atom is -0.481 e. The zero-order valence-corrected chi connectivity index (χ0v) is 19.3. The number of nitrogens with zero attached hydrogens (tertiary/aromatic N) is 5. The molecule has 3 aromatic heterocycles. The second kappa shape index (κ2) is 10.4. The number of carboxylic acids is 1. The zero-order chi connectivity index (χ0) is 24.1. The Kier molecular flexibility index (Phi) is 7.59. The van der Waals surface area contributed by atoms with Crippen LogP contribution in [-0.4, -0.2) is 55.5 Å². The molecule has 0 amide bonds. The van der Waals surface area contributed by atoms with Crippen LogP contribution in [0.5, 0.6) is 0 Å². The molecule has 0 saturated heterocycles. The predicted octanol–water partition coefficient (Wildman–Crippen LogP) is 2.48. The van der Waals surface area contributed by atoms with Crippen molar-refractivity contribution in [3.63, 3.8) is 0 Å². The monoisotopic (exact) mass is 454 g/mol. The van der Waals surface area contributed by atoms with Gasteiger partial charge in [0.25, 0.3) is 5.56 Å². The summed E-state index contributed by atoms with van der Waals surface area (Å²) in [5.74, 6) is -0.427. The van der Waals surface area contributed by atoms with E-state index < -0.39 is 23.8 Å². The van der Waals surface area contributed by atoms with Crippen LogP contribution in [0.25, 0.3) is 11.2 Å². The second-order valence-electron chi connectivity index (χ2n) is 8.16. The number of aliphatic hydroxyl groups is 1. The molecule has 0 aromatic carbocycles. The van der Waals surface area contributed by atoms with E-state index in [2.05, 4.69) is 15.3 Å². The minimum absolute atomic E-state index is 0.0144. The van der Waals surface area contributed by atoms with Gasteiger partial charge in [-0.25, -0.2) is 9.97 Å². The number of carbonyl (C=O) groups is 1. The lowest BCUT2D eigenvalue weighted by Crippen LogP contribution is -2.34. The summed E-state index contributed by atoms with van der Waals surface area (Å²) in [6, 6.07) is 8.57. The molecule has 0 saturated carbocycles. The molecule has 0 bridgehead atoms. The summed E-state index contributed by atoms with van der Waals surface area (Å²) in [7, 11) is 1.73. The minimum atomic E-state index is -0.971. The number of rotatable bonds is 10. The van der Waals surface area contributed by atoms with E-state index in [4.69, 9.17) is 10.1 Å². The van der Waals surface area contributed by atoms with Crippen molar-refractivity contribution in [1.82, 2.24) is 19.5 Å². The number of hydrogen-bond acceptors (Lipinski definition) is 8. The Morgan fingerprint density at radius 2 is 1.97 bits per heavy atom. The van der Waals surface area contributed by atoms with Crippen LogP contribution >= 0.6 is 0 Å². The quantitative estimate of drug-likeness (QED) is 0.395. The molecule has 10 heteroatoms. The highest BCUT2D eigenvalue weighted by Gasteiger charge is 2.26. The van der Waals surface area contributed by atoms with E-state index >= 15 is 0 Å². The topological polar surface area (TPSA) is 133 Å². The Hall–Kier alpha value is -3.53. The lowest BCUT2D eigenvalue weighted by atomic mass is 9.99. The van der Waals surface area contributed by atoms with E-state index in [1.54, 1.807) is 34.8 Å². The third-order valence-corrected chi connectivity index (χ3v) is 5.43. The summed E-state index contributed by atoms with van der Waals surface area (Å²) in [5.41, 5.74) is 1.12. The van der Waals surface area contributed by atoms with Crippen molar-refractivity contribution in [3.8, 4) is 0 Å². The molecular formula is C23H30N6O4. The first kappa shape index (κ1) is 24.1. The van der Waals surface area contributed by atoms with Gasteiger partial charge in [0.05, 0.1) is 18.2 Å². The molecule has 0 spiro atoms. The first-order chi connectivity index (χ1) is 15.7. The van der Waals surface area contributed by atoms with E-state index in [0.717, 1.165) is 0 Å². The van der Waals surface area contributed by atoms with Crippen LogP contribution in [0.2, 0.25) is 0 Å². The van der Waals surface area contributed by atoms with E-state index in [-0.39, 0.29) is 24.7 Å². The van der Waals surface area contributed by atoms with Crippen molar-refractivity contribution in [2.24, 2.45) is 5.92 Å². The summed E-state index contributed by atoms with van der Waals surface area (Å²) in [6.45, 7) is 5.92. The van der Waals surface area contributed by atoms with Crippen LogP contribution in [0, 0.1) is 5.92 Å². The van der Waals surface area contributed by atoms with Crippen molar-refractivity contribution in [3.05, 3.63) is 52.6 Å². The molecule has 3 aromatic rings.